The van der Waals surface area contributed by atoms with Gasteiger partial charge in [-0.1, -0.05) is 25.1 Å². The van der Waals surface area contributed by atoms with Crippen LogP contribution in [0.3, 0.4) is 0 Å². The number of hydrogen-bond acceptors (Lipinski definition) is 2. The lowest BCUT2D eigenvalue weighted by Gasteiger charge is -2.12. The Morgan fingerprint density at radius 1 is 1.53 bits per heavy atom. The standard InChI is InChI=1S/C13H19NO/c1-9-2-3-10-4-5-11(8-12(9)10)13(15)6-7-14/h4-5,8-9,13,15H,2-3,6-7,14H2,1H3. The topological polar surface area (TPSA) is 46.2 Å². The summed E-state index contributed by atoms with van der Waals surface area (Å²) in [5.74, 6) is 0.644. The van der Waals surface area contributed by atoms with Crippen LogP contribution in [-0.4, -0.2) is 11.7 Å². The molecule has 0 saturated heterocycles. The number of nitrogens with two attached hydrogens (primary N) is 1. The second-order valence-electron chi connectivity index (χ2n) is 4.49. The van der Waals surface area contributed by atoms with Gasteiger partial charge in [-0.3, -0.25) is 0 Å². The molecule has 1 aliphatic rings. The Kier molecular flexibility index (Phi) is 3.08. The fraction of sp³-hybridized carbons (Fsp3) is 0.538. The lowest BCUT2D eigenvalue weighted by atomic mass is 9.97. The van der Waals surface area contributed by atoms with E-state index >= 15 is 0 Å². The molecule has 0 amide bonds. The Morgan fingerprint density at radius 2 is 2.33 bits per heavy atom. The first kappa shape index (κ1) is 10.7. The minimum atomic E-state index is -0.395. The zero-order chi connectivity index (χ0) is 10.8. The third-order valence-corrected chi connectivity index (χ3v) is 3.37. The summed E-state index contributed by atoms with van der Waals surface area (Å²) in [6.45, 7) is 2.79. The van der Waals surface area contributed by atoms with Gasteiger partial charge >= 0.3 is 0 Å². The predicted molar refractivity (Wildman–Crippen MR) is 61.8 cm³/mol. The maximum absolute atomic E-state index is 9.86. The van der Waals surface area contributed by atoms with Crippen molar-refractivity contribution in [3.63, 3.8) is 0 Å². The van der Waals surface area contributed by atoms with Gasteiger partial charge in [-0.15, -0.1) is 0 Å². The summed E-state index contributed by atoms with van der Waals surface area (Å²) in [7, 11) is 0. The van der Waals surface area contributed by atoms with Crippen LogP contribution in [0.25, 0.3) is 0 Å². The molecule has 2 rings (SSSR count). The SMILES string of the molecule is CC1CCc2ccc(C(O)CCN)cc21. The highest BCUT2D eigenvalue weighted by Gasteiger charge is 2.19. The fourth-order valence-corrected chi connectivity index (χ4v) is 2.36. The third kappa shape index (κ3) is 2.06. The van der Waals surface area contributed by atoms with E-state index in [9.17, 15) is 5.11 Å². The van der Waals surface area contributed by atoms with Crippen LogP contribution in [0.1, 0.15) is 48.5 Å². The molecule has 0 bridgehead atoms. The van der Waals surface area contributed by atoms with Crippen LogP contribution in [0.15, 0.2) is 18.2 Å². The van der Waals surface area contributed by atoms with Gasteiger partial charge in [-0.05, 0) is 48.4 Å². The Hall–Kier alpha value is -0.860. The predicted octanol–water partition coefficient (Wildman–Crippen LogP) is 2.12. The van der Waals surface area contributed by atoms with Gasteiger partial charge in [0.05, 0.1) is 6.10 Å². The summed E-state index contributed by atoms with van der Waals surface area (Å²) < 4.78 is 0. The molecule has 2 heteroatoms. The van der Waals surface area contributed by atoms with Crippen molar-refractivity contribution in [2.75, 3.05) is 6.54 Å². The van der Waals surface area contributed by atoms with Crippen LogP contribution in [0.5, 0.6) is 0 Å². The van der Waals surface area contributed by atoms with Crippen LogP contribution >= 0.6 is 0 Å². The number of aliphatic hydroxyl groups excluding tert-OH is 1. The van der Waals surface area contributed by atoms with E-state index in [-0.39, 0.29) is 0 Å². The van der Waals surface area contributed by atoms with E-state index in [0.29, 0.717) is 18.9 Å². The molecule has 82 valence electrons. The molecule has 2 nitrogen and oxygen atoms in total. The van der Waals surface area contributed by atoms with Gasteiger partial charge in [0, 0.05) is 0 Å². The number of rotatable bonds is 3. The van der Waals surface area contributed by atoms with E-state index in [2.05, 4.69) is 19.1 Å². The molecule has 0 aliphatic heterocycles. The molecule has 2 atom stereocenters. The molecule has 1 aromatic carbocycles. The number of aliphatic hydroxyl groups is 1. The Labute approximate surface area is 91.1 Å². The van der Waals surface area contributed by atoms with Gasteiger partial charge in [-0.2, -0.15) is 0 Å². The van der Waals surface area contributed by atoms with Crippen LogP contribution in [0.4, 0.5) is 0 Å². The monoisotopic (exact) mass is 205 g/mol. The molecule has 0 fully saturated rings. The van der Waals surface area contributed by atoms with Crippen molar-refractivity contribution in [1.82, 2.24) is 0 Å². The largest absolute Gasteiger partial charge is 0.388 e. The van der Waals surface area contributed by atoms with Crippen LogP contribution in [0.2, 0.25) is 0 Å². The minimum absolute atomic E-state index is 0.395. The van der Waals surface area contributed by atoms with Crippen molar-refractivity contribution in [3.05, 3.63) is 34.9 Å². The Balaban J connectivity index is 2.25. The number of aryl methyl sites for hydroxylation is 1. The van der Waals surface area contributed by atoms with Gasteiger partial charge in [-0.25, -0.2) is 0 Å². The van der Waals surface area contributed by atoms with Crippen LogP contribution in [0, 0.1) is 0 Å². The number of fused-ring (bicyclic) bond motifs is 1. The van der Waals surface area contributed by atoms with Gasteiger partial charge in [0.1, 0.15) is 0 Å². The van der Waals surface area contributed by atoms with Crippen LogP contribution < -0.4 is 5.73 Å². The molecular weight excluding hydrogens is 186 g/mol. The summed E-state index contributed by atoms with van der Waals surface area (Å²) in [6.07, 6.45) is 2.68. The lowest BCUT2D eigenvalue weighted by Crippen LogP contribution is -2.07. The number of hydrogen-bond donors (Lipinski definition) is 2. The highest BCUT2D eigenvalue weighted by molar-refractivity contribution is 5.38. The van der Waals surface area contributed by atoms with Gasteiger partial charge in [0.2, 0.25) is 0 Å². The summed E-state index contributed by atoms with van der Waals surface area (Å²) in [6, 6.07) is 6.36. The van der Waals surface area contributed by atoms with Gasteiger partial charge < -0.3 is 10.8 Å². The Morgan fingerprint density at radius 3 is 3.07 bits per heavy atom. The third-order valence-electron chi connectivity index (χ3n) is 3.37. The molecule has 0 heterocycles. The van der Waals surface area contributed by atoms with E-state index in [0.717, 1.165) is 5.56 Å². The summed E-state index contributed by atoms with van der Waals surface area (Å²) in [4.78, 5) is 0. The van der Waals surface area contributed by atoms with Crippen molar-refractivity contribution in [2.45, 2.75) is 38.2 Å². The van der Waals surface area contributed by atoms with Gasteiger partial charge in [0.25, 0.3) is 0 Å². The molecule has 15 heavy (non-hydrogen) atoms. The molecular formula is C13H19NO. The Bertz CT molecular complexity index is 348. The smallest absolute Gasteiger partial charge is 0.0802 e. The minimum Gasteiger partial charge on any atom is -0.388 e. The lowest BCUT2D eigenvalue weighted by molar-refractivity contribution is 0.170. The molecule has 2 unspecified atom stereocenters. The van der Waals surface area contributed by atoms with E-state index < -0.39 is 6.10 Å². The van der Waals surface area contributed by atoms with Crippen molar-refractivity contribution in [1.29, 1.82) is 0 Å². The molecule has 1 aromatic rings. The highest BCUT2D eigenvalue weighted by Crippen LogP contribution is 2.34. The van der Waals surface area contributed by atoms with Crippen LogP contribution in [-0.2, 0) is 6.42 Å². The molecule has 0 radical (unpaired) electrons. The maximum Gasteiger partial charge on any atom is 0.0802 e. The summed E-state index contributed by atoms with van der Waals surface area (Å²) >= 11 is 0. The summed E-state index contributed by atoms with van der Waals surface area (Å²) in [5.41, 5.74) is 9.34. The van der Waals surface area contributed by atoms with E-state index in [1.165, 1.54) is 24.0 Å². The molecule has 0 spiro atoms. The molecule has 3 N–H and O–H groups in total. The zero-order valence-corrected chi connectivity index (χ0v) is 9.24. The first-order valence-corrected chi connectivity index (χ1v) is 5.73. The zero-order valence-electron chi connectivity index (χ0n) is 9.24. The fourth-order valence-electron chi connectivity index (χ4n) is 2.36. The first-order chi connectivity index (χ1) is 7.22. The quantitative estimate of drug-likeness (QED) is 0.794. The van der Waals surface area contributed by atoms with E-state index in [1.54, 1.807) is 0 Å². The first-order valence-electron chi connectivity index (χ1n) is 5.73. The van der Waals surface area contributed by atoms with Gasteiger partial charge in [0.15, 0.2) is 0 Å². The maximum atomic E-state index is 9.86. The molecule has 0 saturated carbocycles. The highest BCUT2D eigenvalue weighted by atomic mass is 16.3. The average Bonchev–Trinajstić information content (AvgIpc) is 2.60. The second kappa shape index (κ2) is 4.33. The average molecular weight is 205 g/mol. The summed E-state index contributed by atoms with van der Waals surface area (Å²) in [5, 5.41) is 9.86. The van der Waals surface area contributed by atoms with E-state index in [4.69, 9.17) is 5.73 Å². The van der Waals surface area contributed by atoms with Crippen molar-refractivity contribution in [2.24, 2.45) is 5.73 Å². The van der Waals surface area contributed by atoms with E-state index in [1.807, 2.05) is 6.07 Å². The molecule has 0 aromatic heterocycles. The van der Waals surface area contributed by atoms with Crippen molar-refractivity contribution < 1.29 is 5.11 Å². The van der Waals surface area contributed by atoms with Crippen molar-refractivity contribution >= 4 is 0 Å². The second-order valence-corrected chi connectivity index (χ2v) is 4.49. The van der Waals surface area contributed by atoms with Crippen molar-refractivity contribution in [3.8, 4) is 0 Å². The number of benzene rings is 1. The normalized spacial score (nSPS) is 21.4. The molecule has 1 aliphatic carbocycles.